The van der Waals surface area contributed by atoms with E-state index in [1.807, 2.05) is 11.8 Å². The number of rotatable bonds is 3. The summed E-state index contributed by atoms with van der Waals surface area (Å²) in [7, 11) is 0. The molecule has 1 saturated heterocycles. The molecule has 6 heteroatoms. The summed E-state index contributed by atoms with van der Waals surface area (Å²) in [6.07, 6.45) is 3.71. The van der Waals surface area contributed by atoms with Crippen LogP contribution in [0.15, 0.2) is 12.3 Å². The van der Waals surface area contributed by atoms with Crippen molar-refractivity contribution in [3.05, 3.63) is 17.8 Å². The Balaban J connectivity index is 2.15. The molecule has 1 aliphatic heterocycles. The number of carboxylic acid groups (broad SMARTS) is 1. The van der Waals surface area contributed by atoms with Gasteiger partial charge in [0.1, 0.15) is 5.82 Å². The molecule has 2 rings (SSSR count). The van der Waals surface area contributed by atoms with Gasteiger partial charge >= 0.3 is 5.97 Å². The maximum absolute atomic E-state index is 10.9. The highest BCUT2D eigenvalue weighted by Gasteiger charge is 2.17. The van der Waals surface area contributed by atoms with Crippen molar-refractivity contribution in [1.29, 1.82) is 0 Å². The van der Waals surface area contributed by atoms with E-state index in [0.29, 0.717) is 11.9 Å². The number of anilines is 2. The van der Waals surface area contributed by atoms with Gasteiger partial charge in [-0.25, -0.2) is 9.78 Å². The average Bonchev–Trinajstić information content (AvgIpc) is 2.33. The fourth-order valence-corrected chi connectivity index (χ4v) is 2.89. The normalized spacial score (nSPS) is 19.9. The first-order chi connectivity index (χ1) is 8.18. The largest absolute Gasteiger partial charge is 0.478 e. The molecule has 1 atom stereocenters. The second kappa shape index (κ2) is 5.27. The lowest BCUT2D eigenvalue weighted by molar-refractivity contribution is 0.0698. The van der Waals surface area contributed by atoms with E-state index in [9.17, 15) is 4.79 Å². The first-order valence-corrected chi connectivity index (χ1v) is 6.66. The Kier molecular flexibility index (Phi) is 3.73. The number of carbonyl (C=O) groups is 1. The number of thioether (sulfide) groups is 1. The molecule has 0 aliphatic carbocycles. The van der Waals surface area contributed by atoms with E-state index in [0.717, 1.165) is 12.2 Å². The molecular formula is C11H15N3O2S. The van der Waals surface area contributed by atoms with Gasteiger partial charge in [-0.15, -0.1) is 0 Å². The van der Waals surface area contributed by atoms with Gasteiger partial charge in [-0.1, -0.05) is 0 Å². The quantitative estimate of drug-likeness (QED) is 0.759. The maximum Gasteiger partial charge on any atom is 0.337 e. The van der Waals surface area contributed by atoms with Crippen molar-refractivity contribution < 1.29 is 9.90 Å². The summed E-state index contributed by atoms with van der Waals surface area (Å²) in [5, 5.41) is 12.2. The number of nitrogen functional groups attached to an aromatic ring is 1. The molecule has 92 valence electrons. The molecule has 0 spiro atoms. The van der Waals surface area contributed by atoms with Gasteiger partial charge in [-0.3, -0.25) is 0 Å². The second-order valence-electron chi connectivity index (χ2n) is 3.98. The number of pyridine rings is 1. The van der Waals surface area contributed by atoms with E-state index < -0.39 is 5.97 Å². The number of nitrogens with one attached hydrogen (secondary N) is 1. The molecule has 1 aromatic heterocycles. The highest BCUT2D eigenvalue weighted by molar-refractivity contribution is 7.99. The summed E-state index contributed by atoms with van der Waals surface area (Å²) in [5.41, 5.74) is 6.11. The van der Waals surface area contributed by atoms with Gasteiger partial charge in [-0.2, -0.15) is 11.8 Å². The van der Waals surface area contributed by atoms with E-state index >= 15 is 0 Å². The molecule has 0 saturated carbocycles. The Morgan fingerprint density at radius 3 is 3.12 bits per heavy atom. The standard InChI is InChI=1S/C11H15N3O2S/c12-9-8(11(15)16)3-4-13-10(9)14-7-2-1-5-17-6-7/h3-4,7H,1-2,5-6,12H2,(H,13,14)(H,15,16). The number of hydrogen-bond donors (Lipinski definition) is 3. The first-order valence-electron chi connectivity index (χ1n) is 5.50. The zero-order chi connectivity index (χ0) is 12.3. The Bertz CT molecular complexity index is 419. The third kappa shape index (κ3) is 2.82. The fourth-order valence-electron chi connectivity index (χ4n) is 1.82. The van der Waals surface area contributed by atoms with Crippen LogP contribution < -0.4 is 11.1 Å². The zero-order valence-electron chi connectivity index (χ0n) is 9.35. The lowest BCUT2D eigenvalue weighted by atomic mass is 10.1. The minimum atomic E-state index is -1.02. The zero-order valence-corrected chi connectivity index (χ0v) is 10.2. The SMILES string of the molecule is Nc1c(C(=O)O)ccnc1NC1CCCSC1. The van der Waals surface area contributed by atoms with Crippen molar-refractivity contribution in [2.75, 3.05) is 22.6 Å². The number of hydrogen-bond acceptors (Lipinski definition) is 5. The van der Waals surface area contributed by atoms with E-state index in [1.54, 1.807) is 0 Å². The van der Waals surface area contributed by atoms with E-state index in [1.165, 1.54) is 24.4 Å². The van der Waals surface area contributed by atoms with Crippen molar-refractivity contribution >= 4 is 29.2 Å². The lowest BCUT2D eigenvalue weighted by Gasteiger charge is -2.23. The highest BCUT2D eigenvalue weighted by atomic mass is 32.2. The van der Waals surface area contributed by atoms with Crippen LogP contribution in [0.2, 0.25) is 0 Å². The number of nitrogens with zero attached hydrogens (tertiary/aromatic N) is 1. The van der Waals surface area contributed by atoms with Crippen LogP contribution in [0.1, 0.15) is 23.2 Å². The Morgan fingerprint density at radius 2 is 2.47 bits per heavy atom. The van der Waals surface area contributed by atoms with Crippen LogP contribution in [0, 0.1) is 0 Å². The Labute approximate surface area is 104 Å². The lowest BCUT2D eigenvalue weighted by Crippen LogP contribution is -2.27. The number of aromatic carboxylic acids is 1. The van der Waals surface area contributed by atoms with E-state index in [4.69, 9.17) is 10.8 Å². The number of aromatic nitrogens is 1. The Hall–Kier alpha value is -1.43. The molecule has 1 fully saturated rings. The van der Waals surface area contributed by atoms with Crippen LogP contribution in [-0.2, 0) is 0 Å². The molecule has 0 amide bonds. The summed E-state index contributed by atoms with van der Waals surface area (Å²) >= 11 is 1.89. The van der Waals surface area contributed by atoms with Gasteiger partial charge in [0, 0.05) is 18.0 Å². The molecule has 0 aromatic carbocycles. The van der Waals surface area contributed by atoms with Crippen LogP contribution in [0.3, 0.4) is 0 Å². The minimum Gasteiger partial charge on any atom is -0.478 e. The third-order valence-electron chi connectivity index (χ3n) is 2.72. The van der Waals surface area contributed by atoms with Crippen LogP contribution >= 0.6 is 11.8 Å². The van der Waals surface area contributed by atoms with Gasteiger partial charge in [0.05, 0.1) is 11.3 Å². The molecule has 5 nitrogen and oxygen atoms in total. The molecule has 1 aromatic rings. The van der Waals surface area contributed by atoms with Crippen LogP contribution in [0.25, 0.3) is 0 Å². The van der Waals surface area contributed by atoms with Crippen molar-refractivity contribution in [2.24, 2.45) is 0 Å². The van der Waals surface area contributed by atoms with Crippen LogP contribution in [0.4, 0.5) is 11.5 Å². The molecule has 4 N–H and O–H groups in total. The van der Waals surface area contributed by atoms with E-state index in [2.05, 4.69) is 10.3 Å². The monoisotopic (exact) mass is 253 g/mol. The summed E-state index contributed by atoms with van der Waals surface area (Å²) in [6, 6.07) is 1.74. The molecule has 2 heterocycles. The predicted octanol–water partition coefficient (Wildman–Crippen LogP) is 1.67. The van der Waals surface area contributed by atoms with Gasteiger partial charge < -0.3 is 16.2 Å². The molecule has 1 unspecified atom stereocenters. The van der Waals surface area contributed by atoms with Crippen LogP contribution in [-0.4, -0.2) is 33.6 Å². The smallest absolute Gasteiger partial charge is 0.337 e. The second-order valence-corrected chi connectivity index (χ2v) is 5.13. The topological polar surface area (TPSA) is 88.2 Å². The minimum absolute atomic E-state index is 0.103. The summed E-state index contributed by atoms with van der Waals surface area (Å²) < 4.78 is 0. The van der Waals surface area contributed by atoms with Gasteiger partial charge in [0.15, 0.2) is 0 Å². The molecule has 1 aliphatic rings. The maximum atomic E-state index is 10.9. The number of nitrogens with two attached hydrogens (primary N) is 1. The summed E-state index contributed by atoms with van der Waals surface area (Å²) in [4.78, 5) is 15.0. The first kappa shape index (κ1) is 12.0. The number of carboxylic acids is 1. The average molecular weight is 253 g/mol. The summed E-state index contributed by atoms with van der Waals surface area (Å²) in [5.74, 6) is 1.66. The summed E-state index contributed by atoms with van der Waals surface area (Å²) in [6.45, 7) is 0. The fraction of sp³-hybridized carbons (Fsp3) is 0.455. The van der Waals surface area contributed by atoms with Crippen molar-refractivity contribution in [1.82, 2.24) is 4.98 Å². The van der Waals surface area contributed by atoms with Gasteiger partial charge in [-0.05, 0) is 24.7 Å². The molecule has 0 radical (unpaired) electrons. The van der Waals surface area contributed by atoms with Gasteiger partial charge in [0.25, 0.3) is 0 Å². The molecule has 17 heavy (non-hydrogen) atoms. The highest BCUT2D eigenvalue weighted by Crippen LogP contribution is 2.24. The van der Waals surface area contributed by atoms with Crippen LogP contribution in [0.5, 0.6) is 0 Å². The molecule has 0 bridgehead atoms. The predicted molar refractivity (Wildman–Crippen MR) is 69.6 cm³/mol. The van der Waals surface area contributed by atoms with Gasteiger partial charge in [0.2, 0.25) is 0 Å². The Morgan fingerprint density at radius 1 is 1.65 bits per heavy atom. The third-order valence-corrected chi connectivity index (χ3v) is 3.94. The van der Waals surface area contributed by atoms with Crippen molar-refractivity contribution in [3.8, 4) is 0 Å². The van der Waals surface area contributed by atoms with E-state index in [-0.39, 0.29) is 11.3 Å². The van der Waals surface area contributed by atoms with Crippen molar-refractivity contribution in [2.45, 2.75) is 18.9 Å². The van der Waals surface area contributed by atoms with Crippen molar-refractivity contribution in [3.63, 3.8) is 0 Å². The molecular weight excluding hydrogens is 238 g/mol.